The molecule has 0 aliphatic heterocycles. The molecule has 0 saturated carbocycles. The van der Waals surface area contributed by atoms with E-state index >= 15 is 0 Å². The van der Waals surface area contributed by atoms with Crippen LogP contribution in [0.1, 0.15) is 37.6 Å². The van der Waals surface area contributed by atoms with Crippen molar-refractivity contribution >= 4 is 18.4 Å². The highest BCUT2D eigenvalue weighted by Gasteiger charge is 2.37. The van der Waals surface area contributed by atoms with Crippen LogP contribution in [-0.2, 0) is 6.18 Å². The SMILES string of the molecule is CCCCCOc1ccc(/C=N/n2c(C(F)(F)F)n[nH]c2=S)cc1OC. The second-order valence-electron chi connectivity index (χ2n) is 5.37. The van der Waals surface area contributed by atoms with E-state index in [4.69, 9.17) is 21.7 Å². The summed E-state index contributed by atoms with van der Waals surface area (Å²) in [5.41, 5.74) is 0.527. The number of H-pyrrole nitrogens is 1. The molecule has 0 aliphatic carbocycles. The van der Waals surface area contributed by atoms with E-state index in [2.05, 4.69) is 22.2 Å². The van der Waals surface area contributed by atoms with Gasteiger partial charge in [-0.25, -0.2) is 5.10 Å². The van der Waals surface area contributed by atoms with Crippen LogP contribution in [0, 0.1) is 4.77 Å². The standard InChI is InChI=1S/C16H19F3N4O2S/c1-3-4-5-8-25-12-7-6-11(9-13(12)24-2)10-20-23-14(16(17,18)19)21-22-15(23)26/h6-7,9-10H,3-5,8H2,1-2H3,(H,22,26)/b20-10+. The topological polar surface area (TPSA) is 64.4 Å². The molecule has 0 atom stereocenters. The molecule has 2 rings (SSSR count). The summed E-state index contributed by atoms with van der Waals surface area (Å²) < 4.78 is 49.8. The number of nitrogens with one attached hydrogen (secondary N) is 1. The molecule has 26 heavy (non-hydrogen) atoms. The largest absolute Gasteiger partial charge is 0.493 e. The van der Waals surface area contributed by atoms with Gasteiger partial charge in [-0.3, -0.25) is 0 Å². The highest BCUT2D eigenvalue weighted by atomic mass is 32.1. The average molecular weight is 388 g/mol. The predicted molar refractivity (Wildman–Crippen MR) is 93.4 cm³/mol. The van der Waals surface area contributed by atoms with Gasteiger partial charge in [-0.1, -0.05) is 19.8 Å². The number of hydrogen-bond donors (Lipinski definition) is 1. The Kier molecular flexibility index (Phi) is 6.78. The van der Waals surface area contributed by atoms with Crippen LogP contribution in [0.2, 0.25) is 0 Å². The van der Waals surface area contributed by atoms with Gasteiger partial charge in [0, 0.05) is 0 Å². The molecule has 1 aromatic carbocycles. The van der Waals surface area contributed by atoms with Crippen LogP contribution in [0.5, 0.6) is 11.5 Å². The Morgan fingerprint density at radius 2 is 2.08 bits per heavy atom. The maximum atomic E-state index is 12.9. The first-order valence-electron chi connectivity index (χ1n) is 7.96. The van der Waals surface area contributed by atoms with Gasteiger partial charge < -0.3 is 9.47 Å². The van der Waals surface area contributed by atoms with Crippen molar-refractivity contribution in [2.45, 2.75) is 32.4 Å². The number of halogens is 3. The number of aromatic nitrogens is 3. The smallest absolute Gasteiger partial charge is 0.453 e. The van der Waals surface area contributed by atoms with Crippen molar-refractivity contribution in [3.8, 4) is 11.5 Å². The van der Waals surface area contributed by atoms with E-state index in [-0.39, 0.29) is 4.77 Å². The molecule has 0 spiro atoms. The van der Waals surface area contributed by atoms with Crippen molar-refractivity contribution in [1.29, 1.82) is 0 Å². The summed E-state index contributed by atoms with van der Waals surface area (Å²) in [4.78, 5) is 0. The normalized spacial score (nSPS) is 11.9. The van der Waals surface area contributed by atoms with Crippen molar-refractivity contribution in [3.05, 3.63) is 34.4 Å². The molecule has 1 N–H and O–H groups in total. The number of ether oxygens (including phenoxy) is 2. The molecule has 0 saturated heterocycles. The van der Waals surface area contributed by atoms with Crippen LogP contribution in [0.4, 0.5) is 13.2 Å². The van der Waals surface area contributed by atoms with Crippen molar-refractivity contribution in [3.63, 3.8) is 0 Å². The van der Waals surface area contributed by atoms with Crippen molar-refractivity contribution in [2.24, 2.45) is 5.10 Å². The summed E-state index contributed by atoms with van der Waals surface area (Å²) in [6.07, 6.45) is -0.337. The fourth-order valence-corrected chi connectivity index (χ4v) is 2.30. The second-order valence-corrected chi connectivity index (χ2v) is 5.76. The highest BCUT2D eigenvalue weighted by molar-refractivity contribution is 7.71. The Morgan fingerprint density at radius 1 is 1.31 bits per heavy atom. The summed E-state index contributed by atoms with van der Waals surface area (Å²) in [6, 6.07) is 4.97. The molecule has 0 radical (unpaired) electrons. The Bertz CT molecular complexity index is 815. The lowest BCUT2D eigenvalue weighted by molar-refractivity contribution is -0.147. The Labute approximate surface area is 153 Å². The zero-order chi connectivity index (χ0) is 19.2. The van der Waals surface area contributed by atoms with Crippen LogP contribution < -0.4 is 9.47 Å². The molecule has 0 unspecified atom stereocenters. The van der Waals surface area contributed by atoms with Crippen LogP contribution in [0.25, 0.3) is 0 Å². The fraction of sp³-hybridized carbons (Fsp3) is 0.438. The van der Waals surface area contributed by atoms with Gasteiger partial charge in [-0.15, -0.1) is 5.10 Å². The summed E-state index contributed by atoms with van der Waals surface area (Å²) in [7, 11) is 1.49. The van der Waals surface area contributed by atoms with Gasteiger partial charge in [0.2, 0.25) is 4.77 Å². The van der Waals surface area contributed by atoms with E-state index in [1.54, 1.807) is 18.2 Å². The van der Waals surface area contributed by atoms with Gasteiger partial charge in [-0.05, 0) is 42.4 Å². The average Bonchev–Trinajstić information content (AvgIpc) is 2.98. The van der Waals surface area contributed by atoms with Gasteiger partial charge >= 0.3 is 6.18 Å². The second kappa shape index (κ2) is 8.84. The molecule has 0 aliphatic rings. The van der Waals surface area contributed by atoms with Crippen molar-refractivity contribution in [1.82, 2.24) is 14.9 Å². The quantitative estimate of drug-likeness (QED) is 0.413. The van der Waals surface area contributed by atoms with E-state index < -0.39 is 12.0 Å². The highest BCUT2D eigenvalue weighted by Crippen LogP contribution is 2.29. The molecule has 0 bridgehead atoms. The van der Waals surface area contributed by atoms with E-state index in [0.29, 0.717) is 28.3 Å². The third-order valence-corrected chi connectivity index (χ3v) is 3.68. The molecule has 1 aromatic heterocycles. The lowest BCUT2D eigenvalue weighted by Gasteiger charge is -2.11. The van der Waals surface area contributed by atoms with Gasteiger partial charge in [0.15, 0.2) is 11.5 Å². The summed E-state index contributed by atoms with van der Waals surface area (Å²) in [5, 5.41) is 9.01. The summed E-state index contributed by atoms with van der Waals surface area (Å²) >= 11 is 4.78. The first kappa shape index (κ1) is 20.0. The van der Waals surface area contributed by atoms with Gasteiger partial charge in [0.25, 0.3) is 5.82 Å². The lowest BCUT2D eigenvalue weighted by Crippen LogP contribution is -2.12. The fourth-order valence-electron chi connectivity index (χ4n) is 2.12. The maximum absolute atomic E-state index is 12.9. The lowest BCUT2D eigenvalue weighted by atomic mass is 10.2. The number of nitrogens with zero attached hydrogens (tertiary/aromatic N) is 3. The number of unbranched alkanes of at least 4 members (excludes halogenated alkanes) is 2. The van der Waals surface area contributed by atoms with E-state index in [1.165, 1.54) is 13.3 Å². The van der Waals surface area contributed by atoms with E-state index in [9.17, 15) is 13.2 Å². The monoisotopic (exact) mass is 388 g/mol. The zero-order valence-electron chi connectivity index (χ0n) is 14.3. The molecule has 2 aromatic rings. The predicted octanol–water partition coefficient (Wildman–Crippen LogP) is 4.42. The Balaban J connectivity index is 2.19. The Morgan fingerprint density at radius 3 is 2.73 bits per heavy atom. The Hall–Kier alpha value is -2.36. The van der Waals surface area contributed by atoms with Crippen LogP contribution in [0.3, 0.4) is 0 Å². The number of benzene rings is 1. The molecule has 6 nitrogen and oxygen atoms in total. The van der Waals surface area contributed by atoms with Gasteiger partial charge in [0.1, 0.15) is 0 Å². The van der Waals surface area contributed by atoms with Gasteiger partial charge in [-0.2, -0.15) is 22.9 Å². The molecule has 0 amide bonds. The number of rotatable bonds is 8. The first-order chi connectivity index (χ1) is 12.4. The number of alkyl halides is 3. The van der Waals surface area contributed by atoms with E-state index in [0.717, 1.165) is 19.3 Å². The molecule has 10 heteroatoms. The minimum Gasteiger partial charge on any atom is -0.493 e. The third kappa shape index (κ3) is 5.07. The number of methoxy groups -OCH3 is 1. The van der Waals surface area contributed by atoms with Crippen molar-refractivity contribution < 1.29 is 22.6 Å². The minimum absolute atomic E-state index is 0.253. The zero-order valence-corrected chi connectivity index (χ0v) is 15.2. The maximum Gasteiger partial charge on any atom is 0.453 e. The minimum atomic E-state index is -4.67. The van der Waals surface area contributed by atoms with Crippen molar-refractivity contribution in [2.75, 3.05) is 13.7 Å². The molecular weight excluding hydrogens is 369 g/mol. The third-order valence-electron chi connectivity index (χ3n) is 3.42. The summed E-state index contributed by atoms with van der Waals surface area (Å²) in [6.45, 7) is 2.67. The van der Waals surface area contributed by atoms with Gasteiger partial charge in [0.05, 0.1) is 19.9 Å². The molecule has 1 heterocycles. The van der Waals surface area contributed by atoms with Crippen LogP contribution in [-0.4, -0.2) is 34.8 Å². The van der Waals surface area contributed by atoms with Crippen LogP contribution in [0.15, 0.2) is 23.3 Å². The summed E-state index contributed by atoms with van der Waals surface area (Å²) in [5.74, 6) is -0.185. The first-order valence-corrected chi connectivity index (χ1v) is 8.37. The number of aromatic amines is 1. The molecular formula is C16H19F3N4O2S. The molecule has 0 fully saturated rings. The molecule has 142 valence electrons. The number of hydrogen-bond acceptors (Lipinski definition) is 5. The van der Waals surface area contributed by atoms with Crippen LogP contribution >= 0.6 is 12.2 Å². The van der Waals surface area contributed by atoms with E-state index in [1.807, 2.05) is 0 Å².